The summed E-state index contributed by atoms with van der Waals surface area (Å²) in [5.41, 5.74) is 0. The Kier molecular flexibility index (Phi) is 4.36. The van der Waals surface area contributed by atoms with E-state index in [0.29, 0.717) is 10.7 Å². The van der Waals surface area contributed by atoms with E-state index < -0.39 is 0 Å². The van der Waals surface area contributed by atoms with E-state index in [-0.39, 0.29) is 6.04 Å². The highest BCUT2D eigenvalue weighted by Gasteiger charge is 2.41. The van der Waals surface area contributed by atoms with Crippen LogP contribution in [0.1, 0.15) is 45.4 Å². The largest absolute Gasteiger partial charge is 0.327 e. The molecule has 1 saturated carbocycles. The zero-order valence-corrected chi connectivity index (χ0v) is 11.8. The van der Waals surface area contributed by atoms with Crippen LogP contribution in [0.5, 0.6) is 0 Å². The van der Waals surface area contributed by atoms with Gasteiger partial charge in [-0.1, -0.05) is 26.2 Å². The third-order valence-electron chi connectivity index (χ3n) is 4.16. The summed E-state index contributed by atoms with van der Waals surface area (Å²) in [6, 6.07) is 0.0916. The lowest BCUT2D eigenvalue weighted by Crippen LogP contribution is -2.46. The summed E-state index contributed by atoms with van der Waals surface area (Å²) >= 11 is 1.95. The average Bonchev–Trinajstić information content (AvgIpc) is 2.62. The lowest BCUT2D eigenvalue weighted by atomic mass is 9.84. The molecule has 2 rings (SSSR count). The van der Waals surface area contributed by atoms with Crippen LogP contribution in [-0.4, -0.2) is 41.1 Å². The number of nitrogens with one attached hydrogen (secondary N) is 1. The summed E-state index contributed by atoms with van der Waals surface area (Å²) in [5, 5.41) is 3.35. The van der Waals surface area contributed by atoms with Gasteiger partial charge in [0.05, 0.1) is 12.7 Å². The third kappa shape index (κ3) is 2.79. The van der Waals surface area contributed by atoms with E-state index in [1.165, 1.54) is 25.7 Å². The molecule has 1 N–H and O–H groups in total. The number of unbranched alkanes of at least 4 members (excludes halogenated alkanes) is 1. The number of hydrogen-bond donors (Lipinski definition) is 1. The van der Waals surface area contributed by atoms with Crippen molar-refractivity contribution in [1.29, 1.82) is 0 Å². The molecule has 0 aromatic heterocycles. The molecule has 1 amide bonds. The zero-order chi connectivity index (χ0) is 12.3. The van der Waals surface area contributed by atoms with Gasteiger partial charge in [-0.2, -0.15) is 11.8 Å². The van der Waals surface area contributed by atoms with Gasteiger partial charge in [0.1, 0.15) is 0 Å². The molecule has 98 valence electrons. The zero-order valence-electron chi connectivity index (χ0n) is 11.0. The topological polar surface area (TPSA) is 32.3 Å². The van der Waals surface area contributed by atoms with Crippen molar-refractivity contribution in [1.82, 2.24) is 10.2 Å². The first-order chi connectivity index (χ1) is 8.21. The van der Waals surface area contributed by atoms with Crippen molar-refractivity contribution < 1.29 is 4.79 Å². The van der Waals surface area contributed by atoms with Crippen LogP contribution < -0.4 is 5.32 Å². The number of rotatable bonds is 6. The second-order valence-corrected chi connectivity index (χ2v) is 6.61. The molecule has 0 bridgehead atoms. The molecule has 1 unspecified atom stereocenters. The fourth-order valence-electron chi connectivity index (χ4n) is 2.72. The van der Waals surface area contributed by atoms with E-state index in [1.54, 1.807) is 0 Å². The van der Waals surface area contributed by atoms with E-state index in [1.807, 2.05) is 16.7 Å². The average molecular weight is 256 g/mol. The minimum atomic E-state index is 0.0916. The van der Waals surface area contributed by atoms with Crippen LogP contribution in [0.4, 0.5) is 0 Å². The Morgan fingerprint density at radius 1 is 1.53 bits per heavy atom. The molecule has 2 fully saturated rings. The van der Waals surface area contributed by atoms with Crippen molar-refractivity contribution in [3.63, 3.8) is 0 Å². The second-order valence-electron chi connectivity index (χ2n) is 5.33. The minimum Gasteiger partial charge on any atom is -0.327 e. The summed E-state index contributed by atoms with van der Waals surface area (Å²) < 4.78 is 0.372. The van der Waals surface area contributed by atoms with Gasteiger partial charge in [0.2, 0.25) is 5.91 Å². The lowest BCUT2D eigenvalue weighted by Gasteiger charge is -2.42. The van der Waals surface area contributed by atoms with Gasteiger partial charge in [-0.15, -0.1) is 0 Å². The number of nitrogens with zero attached hydrogens (tertiary/aromatic N) is 1. The Bertz CT molecular complexity index is 273. The van der Waals surface area contributed by atoms with Crippen LogP contribution in [0.2, 0.25) is 0 Å². The number of hydrogen-bond acceptors (Lipinski definition) is 3. The molecule has 0 radical (unpaired) electrons. The highest BCUT2D eigenvalue weighted by atomic mass is 32.2. The molecule has 17 heavy (non-hydrogen) atoms. The van der Waals surface area contributed by atoms with E-state index in [4.69, 9.17) is 0 Å². The smallest absolute Gasteiger partial charge is 0.240 e. The van der Waals surface area contributed by atoms with Crippen molar-refractivity contribution in [2.24, 2.45) is 0 Å². The molecule has 1 heterocycles. The van der Waals surface area contributed by atoms with Crippen LogP contribution in [-0.2, 0) is 4.79 Å². The highest BCUT2D eigenvalue weighted by Crippen LogP contribution is 2.43. The van der Waals surface area contributed by atoms with Gasteiger partial charge in [-0.25, -0.2) is 0 Å². The number of carbonyl (C=O) groups is 1. The third-order valence-corrected chi connectivity index (χ3v) is 5.56. The Hall–Kier alpha value is -0.220. The molecule has 4 heteroatoms. The fourth-order valence-corrected chi connectivity index (χ4v) is 3.70. The van der Waals surface area contributed by atoms with Crippen LogP contribution >= 0.6 is 11.8 Å². The second kappa shape index (κ2) is 5.61. The maximum atomic E-state index is 12.2. The van der Waals surface area contributed by atoms with Crippen molar-refractivity contribution >= 4 is 17.7 Å². The first-order valence-corrected chi connectivity index (χ1v) is 8.00. The molecule has 0 aromatic rings. The quantitative estimate of drug-likeness (QED) is 0.791. The maximum Gasteiger partial charge on any atom is 0.240 e. The van der Waals surface area contributed by atoms with E-state index in [0.717, 1.165) is 26.1 Å². The van der Waals surface area contributed by atoms with E-state index in [9.17, 15) is 4.79 Å². The summed E-state index contributed by atoms with van der Waals surface area (Å²) in [5.74, 6) is 0.332. The SMILES string of the molecule is CCCCC1NCN(CC2(SC)CCC2)C1=O. The number of thioether (sulfide) groups is 1. The van der Waals surface area contributed by atoms with E-state index >= 15 is 0 Å². The predicted octanol–water partition coefficient (Wildman–Crippen LogP) is 2.22. The van der Waals surface area contributed by atoms with Gasteiger partial charge in [-0.05, 0) is 25.5 Å². The lowest BCUT2D eigenvalue weighted by molar-refractivity contribution is -0.129. The Morgan fingerprint density at radius 2 is 2.29 bits per heavy atom. The summed E-state index contributed by atoms with van der Waals surface area (Å²) in [6.07, 6.45) is 9.37. The molecule has 0 aromatic carbocycles. The first kappa shape index (κ1) is 13.2. The molecule has 1 atom stereocenters. The summed E-state index contributed by atoms with van der Waals surface area (Å²) in [6.45, 7) is 3.88. The molecule has 1 aliphatic carbocycles. The van der Waals surface area contributed by atoms with Gasteiger partial charge in [0.25, 0.3) is 0 Å². The number of carbonyl (C=O) groups excluding carboxylic acids is 1. The molecule has 1 aliphatic heterocycles. The molecule has 0 spiro atoms. The van der Waals surface area contributed by atoms with E-state index in [2.05, 4.69) is 18.5 Å². The van der Waals surface area contributed by atoms with Crippen molar-refractivity contribution in [2.45, 2.75) is 56.2 Å². The Labute approximate surface area is 109 Å². The summed E-state index contributed by atoms with van der Waals surface area (Å²) in [7, 11) is 0. The minimum absolute atomic E-state index is 0.0916. The standard InChI is InChI=1S/C13H24N2OS/c1-3-4-6-11-12(16)15(10-14-11)9-13(17-2)7-5-8-13/h11,14H,3-10H2,1-2H3. The normalized spacial score (nSPS) is 27.3. The van der Waals surface area contributed by atoms with Gasteiger partial charge >= 0.3 is 0 Å². The predicted molar refractivity (Wildman–Crippen MR) is 73.1 cm³/mol. The molecule has 2 aliphatic rings. The first-order valence-electron chi connectivity index (χ1n) is 6.78. The maximum absolute atomic E-state index is 12.2. The highest BCUT2D eigenvalue weighted by molar-refractivity contribution is 8.00. The Morgan fingerprint density at radius 3 is 2.82 bits per heavy atom. The van der Waals surface area contributed by atoms with Crippen molar-refractivity contribution in [3.8, 4) is 0 Å². The van der Waals surface area contributed by atoms with Crippen LogP contribution in [0.3, 0.4) is 0 Å². The van der Waals surface area contributed by atoms with Crippen LogP contribution in [0.25, 0.3) is 0 Å². The van der Waals surface area contributed by atoms with Crippen molar-refractivity contribution in [2.75, 3.05) is 19.5 Å². The van der Waals surface area contributed by atoms with Gasteiger partial charge in [0, 0.05) is 11.3 Å². The molecule has 1 saturated heterocycles. The van der Waals surface area contributed by atoms with Crippen LogP contribution in [0.15, 0.2) is 0 Å². The van der Waals surface area contributed by atoms with Gasteiger partial charge in [-0.3, -0.25) is 10.1 Å². The van der Waals surface area contributed by atoms with Crippen LogP contribution in [0, 0.1) is 0 Å². The molecular formula is C13H24N2OS. The van der Waals surface area contributed by atoms with Gasteiger partial charge in [0.15, 0.2) is 0 Å². The number of amides is 1. The van der Waals surface area contributed by atoms with Crippen molar-refractivity contribution in [3.05, 3.63) is 0 Å². The Balaban J connectivity index is 1.84. The monoisotopic (exact) mass is 256 g/mol. The fraction of sp³-hybridized carbons (Fsp3) is 0.923. The molecule has 3 nitrogen and oxygen atoms in total. The molecular weight excluding hydrogens is 232 g/mol. The summed E-state index contributed by atoms with van der Waals surface area (Å²) in [4.78, 5) is 14.2. The van der Waals surface area contributed by atoms with Gasteiger partial charge < -0.3 is 4.90 Å².